The zero-order valence-corrected chi connectivity index (χ0v) is 17.0. The van der Waals surface area contributed by atoms with Crippen molar-refractivity contribution in [3.05, 3.63) is 70.2 Å². The van der Waals surface area contributed by atoms with Crippen LogP contribution in [0.5, 0.6) is 0 Å². The largest absolute Gasteiger partial charge is 0.354 e. The number of rotatable bonds is 7. The molecule has 27 heavy (non-hydrogen) atoms. The lowest BCUT2D eigenvalue weighted by Gasteiger charge is -2.41. The molecule has 2 N–H and O–H groups in total. The number of halogens is 1. The van der Waals surface area contributed by atoms with Gasteiger partial charge in [-0.1, -0.05) is 53.6 Å². The molecule has 1 saturated heterocycles. The summed E-state index contributed by atoms with van der Waals surface area (Å²) in [6.45, 7) is 4.09. The molecule has 2 aromatic carbocycles. The zero-order valence-electron chi connectivity index (χ0n) is 16.3. The van der Waals surface area contributed by atoms with Gasteiger partial charge in [0.05, 0.1) is 11.5 Å². The summed E-state index contributed by atoms with van der Waals surface area (Å²) in [6.07, 6.45) is 0.722. The highest BCUT2D eigenvalue weighted by molar-refractivity contribution is 6.30. The van der Waals surface area contributed by atoms with Crippen LogP contribution in [0, 0.1) is 12.3 Å². The molecule has 1 aliphatic rings. The minimum absolute atomic E-state index is 0.121. The van der Waals surface area contributed by atoms with Crippen molar-refractivity contribution in [2.75, 3.05) is 33.7 Å². The number of hydrogen-bond donors (Lipinski definition) is 2. The van der Waals surface area contributed by atoms with Gasteiger partial charge in [-0.05, 0) is 50.7 Å². The first-order valence-electron chi connectivity index (χ1n) is 9.36. The van der Waals surface area contributed by atoms with E-state index in [1.165, 1.54) is 11.1 Å². The van der Waals surface area contributed by atoms with Crippen LogP contribution in [0.25, 0.3) is 0 Å². The number of nitrogens with zero attached hydrogens (tertiary/aromatic N) is 1. The Labute approximate surface area is 166 Å². The minimum atomic E-state index is -0.377. The molecule has 0 aliphatic carbocycles. The molecule has 0 spiro atoms. The lowest BCUT2D eigenvalue weighted by Crippen LogP contribution is -2.63. The van der Waals surface area contributed by atoms with Crippen molar-refractivity contribution in [1.82, 2.24) is 15.5 Å². The van der Waals surface area contributed by atoms with Crippen LogP contribution in [0.4, 0.5) is 0 Å². The van der Waals surface area contributed by atoms with Crippen molar-refractivity contribution in [3.8, 4) is 0 Å². The summed E-state index contributed by atoms with van der Waals surface area (Å²) in [5, 5.41) is 7.19. The molecule has 2 aromatic rings. The summed E-state index contributed by atoms with van der Waals surface area (Å²) < 4.78 is 0. The maximum Gasteiger partial charge on any atom is 0.229 e. The average molecular weight is 386 g/mol. The Balaban J connectivity index is 1.66. The van der Waals surface area contributed by atoms with Gasteiger partial charge in [-0.2, -0.15) is 0 Å². The molecule has 0 saturated carbocycles. The van der Waals surface area contributed by atoms with Gasteiger partial charge in [0.15, 0.2) is 0 Å². The molecule has 1 aliphatic heterocycles. The van der Waals surface area contributed by atoms with Crippen molar-refractivity contribution in [3.63, 3.8) is 0 Å². The molecule has 0 bridgehead atoms. The smallest absolute Gasteiger partial charge is 0.229 e. The quantitative estimate of drug-likeness (QED) is 0.769. The minimum Gasteiger partial charge on any atom is -0.354 e. The average Bonchev–Trinajstić information content (AvgIpc) is 2.61. The van der Waals surface area contributed by atoms with E-state index in [0.717, 1.165) is 17.0 Å². The molecule has 0 radical (unpaired) electrons. The molecule has 4 nitrogen and oxygen atoms in total. The molecule has 0 aromatic heterocycles. The molecule has 3 rings (SSSR count). The van der Waals surface area contributed by atoms with Gasteiger partial charge in [0.1, 0.15) is 0 Å². The monoisotopic (exact) mass is 385 g/mol. The van der Waals surface area contributed by atoms with Crippen molar-refractivity contribution in [1.29, 1.82) is 0 Å². The van der Waals surface area contributed by atoms with Gasteiger partial charge in [0.2, 0.25) is 5.91 Å². The van der Waals surface area contributed by atoms with E-state index in [4.69, 9.17) is 11.6 Å². The molecule has 144 valence electrons. The summed E-state index contributed by atoms with van der Waals surface area (Å²) in [6, 6.07) is 16.4. The van der Waals surface area contributed by atoms with E-state index < -0.39 is 0 Å². The number of hydrogen-bond acceptors (Lipinski definition) is 3. The van der Waals surface area contributed by atoms with Crippen LogP contribution >= 0.6 is 11.6 Å². The molecule has 1 heterocycles. The van der Waals surface area contributed by atoms with Crippen LogP contribution in [0.2, 0.25) is 5.02 Å². The van der Waals surface area contributed by atoms with Crippen LogP contribution in [-0.4, -0.2) is 44.5 Å². The van der Waals surface area contributed by atoms with Crippen LogP contribution in [0.1, 0.15) is 22.7 Å². The number of nitrogens with one attached hydrogen (secondary N) is 2. The van der Waals surface area contributed by atoms with Crippen LogP contribution in [0.3, 0.4) is 0 Å². The zero-order chi connectivity index (χ0) is 19.4. The Hall–Kier alpha value is -1.88. The van der Waals surface area contributed by atoms with E-state index in [1.807, 2.05) is 38.4 Å². The maximum atomic E-state index is 13.0. The van der Waals surface area contributed by atoms with E-state index in [2.05, 4.69) is 46.7 Å². The van der Waals surface area contributed by atoms with Crippen molar-refractivity contribution < 1.29 is 4.79 Å². The predicted octanol–water partition coefficient (Wildman–Crippen LogP) is 3.20. The first-order valence-corrected chi connectivity index (χ1v) is 9.74. The second kappa shape index (κ2) is 8.42. The molecular weight excluding hydrogens is 358 g/mol. The number of aryl methyl sites for hydroxylation is 1. The third-order valence-corrected chi connectivity index (χ3v) is 5.66. The molecule has 1 fully saturated rings. The third kappa shape index (κ3) is 4.70. The first-order chi connectivity index (χ1) is 12.9. The van der Waals surface area contributed by atoms with E-state index >= 15 is 0 Å². The highest BCUT2D eigenvalue weighted by Gasteiger charge is 2.44. The predicted molar refractivity (Wildman–Crippen MR) is 111 cm³/mol. The summed E-state index contributed by atoms with van der Waals surface area (Å²) in [5.74, 6) is 0.121. The highest BCUT2D eigenvalue weighted by Crippen LogP contribution is 2.29. The summed E-state index contributed by atoms with van der Waals surface area (Å²) in [5.41, 5.74) is 3.21. The summed E-state index contributed by atoms with van der Waals surface area (Å²) >= 11 is 5.98. The standard InChI is InChI=1S/C22H28ClN3O/c1-16-4-8-18(9-5-16)20(26(2)3)13-25-21(27)22(14-24-15-22)12-17-6-10-19(23)11-7-17/h4-11,20,24H,12-15H2,1-3H3,(H,25,27). The number of amides is 1. The Kier molecular flexibility index (Phi) is 6.20. The third-order valence-electron chi connectivity index (χ3n) is 5.41. The Morgan fingerprint density at radius 3 is 2.30 bits per heavy atom. The number of carbonyl (C=O) groups excluding carboxylic acids is 1. The SMILES string of the molecule is Cc1ccc(C(CNC(=O)C2(Cc3ccc(Cl)cc3)CNC2)N(C)C)cc1. The summed E-state index contributed by atoms with van der Waals surface area (Å²) in [7, 11) is 4.09. The molecular formula is C22H28ClN3O. The van der Waals surface area contributed by atoms with Gasteiger partial charge in [0.25, 0.3) is 0 Å². The fourth-order valence-electron chi connectivity index (χ4n) is 3.55. The topological polar surface area (TPSA) is 44.4 Å². The van der Waals surface area contributed by atoms with Crippen LogP contribution in [-0.2, 0) is 11.2 Å². The normalized spacial score (nSPS) is 16.6. The number of benzene rings is 2. The van der Waals surface area contributed by atoms with Gasteiger partial charge in [-0.3, -0.25) is 4.79 Å². The Bertz CT molecular complexity index is 767. The first kappa shape index (κ1) is 19.9. The Morgan fingerprint density at radius 1 is 1.15 bits per heavy atom. The van der Waals surface area contributed by atoms with E-state index in [-0.39, 0.29) is 17.4 Å². The van der Waals surface area contributed by atoms with Gasteiger partial charge in [0, 0.05) is 24.7 Å². The lowest BCUT2D eigenvalue weighted by molar-refractivity contribution is -0.134. The van der Waals surface area contributed by atoms with E-state index in [1.54, 1.807) is 0 Å². The highest BCUT2D eigenvalue weighted by atomic mass is 35.5. The van der Waals surface area contributed by atoms with Crippen molar-refractivity contribution in [2.24, 2.45) is 5.41 Å². The van der Waals surface area contributed by atoms with Crippen LogP contribution in [0.15, 0.2) is 48.5 Å². The van der Waals surface area contributed by atoms with Gasteiger partial charge in [-0.25, -0.2) is 0 Å². The van der Waals surface area contributed by atoms with Crippen molar-refractivity contribution >= 4 is 17.5 Å². The fourth-order valence-corrected chi connectivity index (χ4v) is 3.68. The van der Waals surface area contributed by atoms with Crippen molar-refractivity contribution in [2.45, 2.75) is 19.4 Å². The van der Waals surface area contributed by atoms with E-state index in [9.17, 15) is 4.79 Å². The lowest BCUT2D eigenvalue weighted by atomic mass is 9.75. The van der Waals surface area contributed by atoms with Gasteiger partial charge >= 0.3 is 0 Å². The second-order valence-corrected chi connectivity index (χ2v) is 8.22. The maximum absolute atomic E-state index is 13.0. The van der Waals surface area contributed by atoms with E-state index in [0.29, 0.717) is 19.6 Å². The van der Waals surface area contributed by atoms with Gasteiger partial charge < -0.3 is 15.5 Å². The van der Waals surface area contributed by atoms with Gasteiger partial charge in [-0.15, -0.1) is 0 Å². The number of carbonyl (C=O) groups is 1. The molecule has 1 amide bonds. The molecule has 5 heteroatoms. The summed E-state index contributed by atoms with van der Waals surface area (Å²) in [4.78, 5) is 15.2. The molecule has 1 unspecified atom stereocenters. The second-order valence-electron chi connectivity index (χ2n) is 7.79. The van der Waals surface area contributed by atoms with Crippen LogP contribution < -0.4 is 10.6 Å². The molecule has 1 atom stereocenters. The Morgan fingerprint density at radius 2 is 1.78 bits per heavy atom. The fraction of sp³-hybridized carbons (Fsp3) is 0.409. The number of likely N-dealkylation sites (N-methyl/N-ethyl adjacent to an activating group) is 1.